The molecule has 5 heteroatoms. The van der Waals surface area contributed by atoms with Crippen molar-refractivity contribution in [3.63, 3.8) is 0 Å². The lowest BCUT2D eigenvalue weighted by molar-refractivity contribution is 0.667. The first kappa shape index (κ1) is 15.0. The Morgan fingerprint density at radius 1 is 1.18 bits per heavy atom. The van der Waals surface area contributed by atoms with Crippen molar-refractivity contribution < 1.29 is 0 Å². The van der Waals surface area contributed by atoms with Gasteiger partial charge in [0.15, 0.2) is 5.65 Å². The quantitative estimate of drug-likeness (QED) is 0.798. The Morgan fingerprint density at radius 3 is 2.73 bits per heavy atom. The van der Waals surface area contributed by atoms with E-state index in [4.69, 9.17) is 22.3 Å². The SMILES string of the molecule is Cc1ccc(-c2nc3cc(Cl)cnc3n2CCCN)cc1C. The maximum Gasteiger partial charge on any atom is 0.160 e. The van der Waals surface area contributed by atoms with Gasteiger partial charge in [-0.2, -0.15) is 0 Å². The summed E-state index contributed by atoms with van der Waals surface area (Å²) in [5, 5.41) is 0.600. The fraction of sp³-hybridized carbons (Fsp3) is 0.294. The van der Waals surface area contributed by atoms with Crippen molar-refractivity contribution in [2.24, 2.45) is 5.73 Å². The smallest absolute Gasteiger partial charge is 0.160 e. The molecule has 0 amide bonds. The summed E-state index contributed by atoms with van der Waals surface area (Å²) >= 11 is 6.04. The van der Waals surface area contributed by atoms with E-state index in [1.54, 1.807) is 6.20 Å². The van der Waals surface area contributed by atoms with Crippen LogP contribution < -0.4 is 5.73 Å². The molecule has 0 aliphatic heterocycles. The summed E-state index contributed by atoms with van der Waals surface area (Å²) in [5.41, 5.74) is 11.0. The number of aromatic nitrogens is 3. The fourth-order valence-corrected chi connectivity index (χ4v) is 2.70. The Kier molecular flexibility index (Phi) is 4.14. The van der Waals surface area contributed by atoms with Gasteiger partial charge in [-0.1, -0.05) is 23.7 Å². The van der Waals surface area contributed by atoms with Crippen LogP contribution in [0.25, 0.3) is 22.6 Å². The summed E-state index contributed by atoms with van der Waals surface area (Å²) in [6, 6.07) is 8.24. The van der Waals surface area contributed by atoms with Gasteiger partial charge >= 0.3 is 0 Å². The molecule has 0 spiro atoms. The van der Waals surface area contributed by atoms with Crippen LogP contribution in [0.1, 0.15) is 17.5 Å². The van der Waals surface area contributed by atoms with Gasteiger partial charge in [-0.3, -0.25) is 0 Å². The van der Waals surface area contributed by atoms with Crippen molar-refractivity contribution in [2.45, 2.75) is 26.8 Å². The standard InChI is InChI=1S/C17H19ClN4/c1-11-4-5-13(8-12(11)2)16-21-15-9-14(18)10-20-17(15)22(16)7-3-6-19/h4-5,8-10H,3,6-7,19H2,1-2H3. The number of halogens is 1. The molecular formula is C17H19ClN4. The lowest BCUT2D eigenvalue weighted by Gasteiger charge is -2.09. The van der Waals surface area contributed by atoms with Crippen molar-refractivity contribution >= 4 is 22.8 Å². The molecule has 2 N–H and O–H groups in total. The highest BCUT2D eigenvalue weighted by Gasteiger charge is 2.14. The number of nitrogens with zero attached hydrogens (tertiary/aromatic N) is 3. The molecular weight excluding hydrogens is 296 g/mol. The minimum absolute atomic E-state index is 0.600. The number of benzene rings is 1. The Labute approximate surface area is 134 Å². The summed E-state index contributed by atoms with van der Waals surface area (Å²) in [4.78, 5) is 9.19. The molecule has 3 aromatic rings. The Hall–Kier alpha value is -1.91. The molecule has 0 aliphatic carbocycles. The van der Waals surface area contributed by atoms with E-state index in [2.05, 4.69) is 41.6 Å². The second-order valence-electron chi connectivity index (χ2n) is 5.52. The lowest BCUT2D eigenvalue weighted by Crippen LogP contribution is -2.07. The number of hydrogen-bond acceptors (Lipinski definition) is 3. The van der Waals surface area contributed by atoms with Crippen LogP contribution in [0.2, 0.25) is 5.02 Å². The average molecular weight is 315 g/mol. The topological polar surface area (TPSA) is 56.7 Å². The molecule has 0 saturated heterocycles. The number of hydrogen-bond donors (Lipinski definition) is 1. The van der Waals surface area contributed by atoms with E-state index in [1.165, 1.54) is 11.1 Å². The summed E-state index contributed by atoms with van der Waals surface area (Å²) in [6.45, 7) is 5.65. The molecule has 2 aromatic heterocycles. The van der Waals surface area contributed by atoms with E-state index in [-0.39, 0.29) is 0 Å². The van der Waals surface area contributed by atoms with Gasteiger partial charge in [0.1, 0.15) is 11.3 Å². The van der Waals surface area contributed by atoms with Gasteiger partial charge in [-0.05, 0) is 50.1 Å². The lowest BCUT2D eigenvalue weighted by atomic mass is 10.1. The van der Waals surface area contributed by atoms with Crippen LogP contribution in [0.4, 0.5) is 0 Å². The molecule has 0 aliphatic rings. The molecule has 2 heterocycles. The van der Waals surface area contributed by atoms with Crippen molar-refractivity contribution in [2.75, 3.05) is 6.54 Å². The molecule has 0 atom stereocenters. The Bertz CT molecular complexity index is 823. The Balaban J connectivity index is 2.19. The van der Waals surface area contributed by atoms with E-state index in [0.29, 0.717) is 11.6 Å². The minimum Gasteiger partial charge on any atom is -0.330 e. The normalized spacial score (nSPS) is 11.3. The predicted octanol–water partition coefficient (Wildman–Crippen LogP) is 3.72. The first-order valence-electron chi connectivity index (χ1n) is 7.39. The number of aryl methyl sites for hydroxylation is 3. The van der Waals surface area contributed by atoms with Crippen LogP contribution in [0.15, 0.2) is 30.5 Å². The number of rotatable bonds is 4. The van der Waals surface area contributed by atoms with Crippen LogP contribution in [-0.4, -0.2) is 21.1 Å². The van der Waals surface area contributed by atoms with Crippen molar-refractivity contribution in [3.05, 3.63) is 46.6 Å². The molecule has 0 fully saturated rings. The third kappa shape index (κ3) is 2.72. The zero-order chi connectivity index (χ0) is 15.7. The van der Waals surface area contributed by atoms with E-state index in [1.807, 2.05) is 6.07 Å². The number of pyridine rings is 1. The van der Waals surface area contributed by atoms with Gasteiger partial charge in [0.25, 0.3) is 0 Å². The molecule has 0 unspecified atom stereocenters. The first-order valence-corrected chi connectivity index (χ1v) is 7.77. The monoisotopic (exact) mass is 314 g/mol. The highest BCUT2D eigenvalue weighted by Crippen LogP contribution is 2.27. The molecule has 0 saturated carbocycles. The predicted molar refractivity (Wildman–Crippen MR) is 91.1 cm³/mol. The molecule has 0 bridgehead atoms. The van der Waals surface area contributed by atoms with Gasteiger partial charge in [0, 0.05) is 18.3 Å². The number of imidazole rings is 1. The second kappa shape index (κ2) is 6.07. The van der Waals surface area contributed by atoms with Crippen LogP contribution in [0.5, 0.6) is 0 Å². The van der Waals surface area contributed by atoms with E-state index in [0.717, 1.165) is 35.5 Å². The Morgan fingerprint density at radius 2 is 2.00 bits per heavy atom. The summed E-state index contributed by atoms with van der Waals surface area (Å²) in [7, 11) is 0. The van der Waals surface area contributed by atoms with Crippen LogP contribution in [0, 0.1) is 13.8 Å². The molecule has 114 valence electrons. The van der Waals surface area contributed by atoms with Crippen LogP contribution >= 0.6 is 11.6 Å². The molecule has 3 rings (SSSR count). The third-order valence-corrected chi connectivity index (χ3v) is 4.11. The molecule has 1 aromatic carbocycles. The van der Waals surface area contributed by atoms with Crippen molar-refractivity contribution in [1.29, 1.82) is 0 Å². The number of nitrogens with two attached hydrogens (primary N) is 1. The second-order valence-corrected chi connectivity index (χ2v) is 5.96. The van der Waals surface area contributed by atoms with Gasteiger partial charge in [-0.15, -0.1) is 0 Å². The fourth-order valence-electron chi connectivity index (χ4n) is 2.55. The van der Waals surface area contributed by atoms with Gasteiger partial charge in [0.2, 0.25) is 0 Å². The van der Waals surface area contributed by atoms with E-state index < -0.39 is 0 Å². The molecule has 4 nitrogen and oxygen atoms in total. The average Bonchev–Trinajstić information content (AvgIpc) is 2.85. The van der Waals surface area contributed by atoms with E-state index >= 15 is 0 Å². The van der Waals surface area contributed by atoms with Gasteiger partial charge < -0.3 is 10.3 Å². The summed E-state index contributed by atoms with van der Waals surface area (Å²) in [6.07, 6.45) is 2.54. The van der Waals surface area contributed by atoms with Crippen LogP contribution in [0.3, 0.4) is 0 Å². The third-order valence-electron chi connectivity index (χ3n) is 3.90. The highest BCUT2D eigenvalue weighted by molar-refractivity contribution is 6.31. The number of fused-ring (bicyclic) bond motifs is 1. The van der Waals surface area contributed by atoms with Crippen molar-refractivity contribution in [3.8, 4) is 11.4 Å². The van der Waals surface area contributed by atoms with Gasteiger partial charge in [0.05, 0.1) is 5.02 Å². The zero-order valence-corrected chi connectivity index (χ0v) is 13.6. The summed E-state index contributed by atoms with van der Waals surface area (Å²) < 4.78 is 2.13. The first-order chi connectivity index (χ1) is 10.6. The molecule has 22 heavy (non-hydrogen) atoms. The zero-order valence-electron chi connectivity index (χ0n) is 12.8. The largest absolute Gasteiger partial charge is 0.330 e. The maximum atomic E-state index is 6.04. The maximum absolute atomic E-state index is 6.04. The molecule has 0 radical (unpaired) electrons. The van der Waals surface area contributed by atoms with Crippen molar-refractivity contribution in [1.82, 2.24) is 14.5 Å². The minimum atomic E-state index is 0.600. The van der Waals surface area contributed by atoms with Crippen LogP contribution in [-0.2, 0) is 6.54 Å². The summed E-state index contributed by atoms with van der Waals surface area (Å²) in [5.74, 6) is 0.918. The van der Waals surface area contributed by atoms with E-state index in [9.17, 15) is 0 Å². The van der Waals surface area contributed by atoms with Gasteiger partial charge in [-0.25, -0.2) is 9.97 Å². The highest BCUT2D eigenvalue weighted by atomic mass is 35.5.